The summed E-state index contributed by atoms with van der Waals surface area (Å²) in [5.74, 6) is 0.770. The van der Waals surface area contributed by atoms with Gasteiger partial charge in [-0.1, -0.05) is 195 Å². The van der Waals surface area contributed by atoms with E-state index in [-0.39, 0.29) is 18.7 Å². The molecule has 0 amide bonds. The standard InChI is InChI=1S/C50H101NO5/c1-5-9-13-17-21-29-37-48(38-30-22-18-14-10-6-2)56-50(54)40-32-24-20-26-34-43-51(44-45-52)42-33-25-19-23-31-39-49(53)55-46-41-47(35-27-15-11-7-3)36-28-16-12-8-4/h47-49,52-53H,5-46H2,1-4H3. The topological polar surface area (TPSA) is 79.2 Å². The zero-order chi connectivity index (χ0) is 41.0. The highest BCUT2D eigenvalue weighted by molar-refractivity contribution is 5.69. The molecule has 0 aromatic carbocycles. The third-order valence-electron chi connectivity index (χ3n) is 12.0. The first-order valence-electron chi connectivity index (χ1n) is 25.3. The van der Waals surface area contributed by atoms with Gasteiger partial charge in [0.2, 0.25) is 0 Å². The zero-order valence-electron chi connectivity index (χ0n) is 38.5. The van der Waals surface area contributed by atoms with Crippen molar-refractivity contribution in [2.45, 2.75) is 278 Å². The third-order valence-corrected chi connectivity index (χ3v) is 12.0. The number of carbonyl (C=O) groups excluding carboxylic acids is 1. The molecule has 0 rings (SSSR count). The van der Waals surface area contributed by atoms with Gasteiger partial charge < -0.3 is 24.6 Å². The molecular formula is C50H101NO5. The van der Waals surface area contributed by atoms with Crippen LogP contribution in [0.2, 0.25) is 0 Å². The van der Waals surface area contributed by atoms with Crippen LogP contribution in [0.15, 0.2) is 0 Å². The maximum Gasteiger partial charge on any atom is 0.306 e. The highest BCUT2D eigenvalue weighted by Crippen LogP contribution is 2.23. The minimum atomic E-state index is -0.614. The normalized spacial score (nSPS) is 12.4. The minimum absolute atomic E-state index is 0.0193. The number of nitrogens with zero attached hydrogens (tertiary/aromatic N) is 1. The van der Waals surface area contributed by atoms with Gasteiger partial charge in [-0.3, -0.25) is 4.79 Å². The van der Waals surface area contributed by atoms with Crippen molar-refractivity contribution in [2.75, 3.05) is 32.8 Å². The Balaban J connectivity index is 4.08. The van der Waals surface area contributed by atoms with Crippen LogP contribution >= 0.6 is 0 Å². The molecule has 0 aromatic heterocycles. The maximum atomic E-state index is 12.7. The van der Waals surface area contributed by atoms with Gasteiger partial charge >= 0.3 is 5.97 Å². The number of aliphatic hydroxyl groups is 2. The molecule has 0 heterocycles. The quantitative estimate of drug-likeness (QED) is 0.0363. The van der Waals surface area contributed by atoms with Gasteiger partial charge in [0.05, 0.1) is 6.61 Å². The molecule has 0 radical (unpaired) electrons. The van der Waals surface area contributed by atoms with Crippen LogP contribution in [0, 0.1) is 5.92 Å². The fourth-order valence-electron chi connectivity index (χ4n) is 8.21. The Kier molecular flexibility index (Phi) is 44.8. The monoisotopic (exact) mass is 796 g/mol. The van der Waals surface area contributed by atoms with Crippen molar-refractivity contribution in [1.82, 2.24) is 4.90 Å². The second-order valence-corrected chi connectivity index (χ2v) is 17.5. The molecule has 56 heavy (non-hydrogen) atoms. The van der Waals surface area contributed by atoms with E-state index in [0.717, 1.165) is 96.2 Å². The molecular weight excluding hydrogens is 695 g/mol. The van der Waals surface area contributed by atoms with E-state index in [0.29, 0.717) is 13.0 Å². The van der Waals surface area contributed by atoms with Crippen molar-refractivity contribution < 1.29 is 24.5 Å². The first kappa shape index (κ1) is 55.3. The van der Waals surface area contributed by atoms with E-state index in [1.807, 2.05) is 0 Å². The molecule has 336 valence electrons. The van der Waals surface area contributed by atoms with E-state index in [1.54, 1.807) is 0 Å². The average Bonchev–Trinajstić information content (AvgIpc) is 3.19. The number of ether oxygens (including phenoxy) is 2. The molecule has 2 N–H and O–H groups in total. The summed E-state index contributed by atoms with van der Waals surface area (Å²) >= 11 is 0. The maximum absolute atomic E-state index is 12.7. The molecule has 0 saturated carbocycles. The lowest BCUT2D eigenvalue weighted by Gasteiger charge is -2.21. The number of carbonyl (C=O) groups is 1. The Labute approximate surface area is 350 Å². The Hall–Kier alpha value is -0.690. The van der Waals surface area contributed by atoms with Crippen LogP contribution in [-0.4, -0.2) is 66.3 Å². The summed E-state index contributed by atoms with van der Waals surface area (Å²) in [4.78, 5) is 15.2. The number of aliphatic hydroxyl groups excluding tert-OH is 2. The van der Waals surface area contributed by atoms with E-state index in [9.17, 15) is 15.0 Å². The van der Waals surface area contributed by atoms with E-state index >= 15 is 0 Å². The summed E-state index contributed by atoms with van der Waals surface area (Å²) in [6.07, 6.45) is 43.9. The summed E-state index contributed by atoms with van der Waals surface area (Å²) in [5, 5.41) is 20.0. The highest BCUT2D eigenvalue weighted by Gasteiger charge is 2.15. The number of hydrogen-bond acceptors (Lipinski definition) is 6. The Morgan fingerprint density at radius 1 is 0.464 bits per heavy atom. The Bertz CT molecular complexity index is 738. The number of hydrogen-bond donors (Lipinski definition) is 2. The summed E-state index contributed by atoms with van der Waals surface area (Å²) in [6, 6.07) is 0. The molecule has 6 nitrogen and oxygen atoms in total. The van der Waals surface area contributed by atoms with Crippen molar-refractivity contribution in [3.63, 3.8) is 0 Å². The lowest BCUT2D eigenvalue weighted by molar-refractivity contribution is -0.150. The molecule has 0 aromatic rings. The first-order chi connectivity index (χ1) is 27.5. The average molecular weight is 796 g/mol. The highest BCUT2D eigenvalue weighted by atomic mass is 16.6. The SMILES string of the molecule is CCCCCCCCC(CCCCCCCC)OC(=O)CCCCCCCN(CCO)CCCCCCCC(O)OCCC(CCCCCC)CCCCCC. The largest absolute Gasteiger partial charge is 0.462 e. The second-order valence-electron chi connectivity index (χ2n) is 17.5. The van der Waals surface area contributed by atoms with E-state index in [2.05, 4.69) is 32.6 Å². The molecule has 6 heteroatoms. The van der Waals surface area contributed by atoms with Crippen molar-refractivity contribution in [3.05, 3.63) is 0 Å². The van der Waals surface area contributed by atoms with Crippen LogP contribution in [0.25, 0.3) is 0 Å². The molecule has 0 aliphatic heterocycles. The van der Waals surface area contributed by atoms with Gasteiger partial charge in [-0.05, 0) is 83.2 Å². The predicted molar refractivity (Wildman–Crippen MR) is 242 cm³/mol. The van der Waals surface area contributed by atoms with Crippen LogP contribution in [0.3, 0.4) is 0 Å². The van der Waals surface area contributed by atoms with Crippen LogP contribution in [0.1, 0.15) is 265 Å². The molecule has 1 unspecified atom stereocenters. The van der Waals surface area contributed by atoms with Crippen LogP contribution in [0.5, 0.6) is 0 Å². The van der Waals surface area contributed by atoms with Crippen molar-refractivity contribution in [2.24, 2.45) is 5.92 Å². The summed E-state index contributed by atoms with van der Waals surface area (Å²) in [6.45, 7) is 12.9. The first-order valence-corrected chi connectivity index (χ1v) is 25.3. The van der Waals surface area contributed by atoms with E-state index in [4.69, 9.17) is 9.47 Å². The summed E-state index contributed by atoms with van der Waals surface area (Å²) in [7, 11) is 0. The van der Waals surface area contributed by atoms with E-state index in [1.165, 1.54) is 161 Å². The second kappa shape index (κ2) is 45.4. The van der Waals surface area contributed by atoms with Crippen molar-refractivity contribution in [3.8, 4) is 0 Å². The molecule has 0 bridgehead atoms. The lowest BCUT2D eigenvalue weighted by Crippen LogP contribution is -2.29. The zero-order valence-corrected chi connectivity index (χ0v) is 38.5. The summed E-state index contributed by atoms with van der Waals surface area (Å²) < 4.78 is 11.9. The number of esters is 1. The predicted octanol–water partition coefficient (Wildman–Crippen LogP) is 14.7. The van der Waals surface area contributed by atoms with Crippen LogP contribution in [0.4, 0.5) is 0 Å². The Morgan fingerprint density at radius 2 is 0.857 bits per heavy atom. The van der Waals surface area contributed by atoms with Crippen LogP contribution < -0.4 is 0 Å². The van der Waals surface area contributed by atoms with Crippen LogP contribution in [-0.2, 0) is 14.3 Å². The van der Waals surface area contributed by atoms with Gasteiger partial charge in [-0.15, -0.1) is 0 Å². The molecule has 0 aliphatic carbocycles. The lowest BCUT2D eigenvalue weighted by atomic mass is 9.92. The van der Waals surface area contributed by atoms with Gasteiger partial charge in [0.25, 0.3) is 0 Å². The van der Waals surface area contributed by atoms with Crippen molar-refractivity contribution >= 4 is 5.97 Å². The van der Waals surface area contributed by atoms with Crippen molar-refractivity contribution in [1.29, 1.82) is 0 Å². The number of rotatable bonds is 47. The molecule has 0 saturated heterocycles. The molecule has 1 atom stereocenters. The van der Waals surface area contributed by atoms with Gasteiger partial charge in [-0.2, -0.15) is 0 Å². The molecule has 0 aliphatic rings. The summed E-state index contributed by atoms with van der Waals surface area (Å²) in [5.41, 5.74) is 0. The fraction of sp³-hybridized carbons (Fsp3) is 0.980. The third kappa shape index (κ3) is 40.1. The fourth-order valence-corrected chi connectivity index (χ4v) is 8.21. The van der Waals surface area contributed by atoms with Gasteiger partial charge in [0, 0.05) is 19.6 Å². The smallest absolute Gasteiger partial charge is 0.306 e. The molecule has 0 fully saturated rings. The Morgan fingerprint density at radius 3 is 1.34 bits per heavy atom. The molecule has 0 spiro atoms. The van der Waals surface area contributed by atoms with Gasteiger partial charge in [-0.25, -0.2) is 0 Å². The number of unbranched alkanes of at least 4 members (excludes halogenated alkanes) is 24. The minimum Gasteiger partial charge on any atom is -0.462 e. The van der Waals surface area contributed by atoms with Gasteiger partial charge in [0.1, 0.15) is 6.10 Å². The van der Waals surface area contributed by atoms with Gasteiger partial charge in [0.15, 0.2) is 6.29 Å². The van der Waals surface area contributed by atoms with E-state index < -0.39 is 6.29 Å².